The Morgan fingerprint density at radius 2 is 2.06 bits per heavy atom. The molecule has 0 radical (unpaired) electrons. The van der Waals surface area contributed by atoms with Gasteiger partial charge in [0.05, 0.1) is 11.9 Å². The van der Waals surface area contributed by atoms with Gasteiger partial charge in [-0.25, -0.2) is 4.98 Å². The normalized spacial score (nSPS) is 10.4. The van der Waals surface area contributed by atoms with Gasteiger partial charge in [0.25, 0.3) is 5.56 Å². The van der Waals surface area contributed by atoms with E-state index in [4.69, 9.17) is 5.26 Å². The van der Waals surface area contributed by atoms with Crippen LogP contribution in [0.15, 0.2) is 47.7 Å². The first-order valence-corrected chi connectivity index (χ1v) is 5.35. The minimum Gasteiger partial charge on any atom is -0.311 e. The second-order valence-electron chi connectivity index (χ2n) is 3.79. The molecule has 0 saturated carbocycles. The van der Waals surface area contributed by atoms with Gasteiger partial charge in [0, 0.05) is 11.9 Å². The zero-order valence-corrected chi connectivity index (χ0v) is 9.29. The summed E-state index contributed by atoms with van der Waals surface area (Å²) in [4.78, 5) is 18.5. The molecule has 3 aromatic rings. The first kappa shape index (κ1) is 10.3. The highest BCUT2D eigenvalue weighted by Crippen LogP contribution is 2.19. The molecule has 0 fully saturated rings. The Kier molecular flexibility index (Phi) is 2.21. The van der Waals surface area contributed by atoms with Gasteiger partial charge in [0.1, 0.15) is 17.1 Å². The molecule has 2 heterocycles. The monoisotopic (exact) mass is 236 g/mol. The maximum atomic E-state index is 11.9. The summed E-state index contributed by atoms with van der Waals surface area (Å²) in [5.41, 5.74) is 1.76. The van der Waals surface area contributed by atoms with E-state index in [9.17, 15) is 4.79 Å². The summed E-state index contributed by atoms with van der Waals surface area (Å²) in [6, 6.07) is 11.4. The molecular weight excluding hydrogens is 228 g/mol. The molecule has 0 aliphatic rings. The van der Waals surface area contributed by atoms with E-state index >= 15 is 0 Å². The summed E-state index contributed by atoms with van der Waals surface area (Å²) in [7, 11) is 0. The molecule has 0 atom stereocenters. The largest absolute Gasteiger partial charge is 0.311 e. The van der Waals surface area contributed by atoms with E-state index in [1.165, 1.54) is 6.33 Å². The maximum Gasteiger partial charge on any atom is 0.275 e. The molecule has 0 spiro atoms. The van der Waals surface area contributed by atoms with E-state index in [1.807, 2.05) is 30.3 Å². The van der Waals surface area contributed by atoms with Crippen molar-refractivity contribution >= 4 is 11.0 Å². The standard InChI is InChI=1S/C13H8N4O/c14-6-9-7-17(10-4-2-1-3-5-10)12-11(9)15-8-16-13(12)18/h1-5,7-8H,(H,15,16,18). The Hall–Kier alpha value is -2.87. The number of fused-ring (bicyclic) bond motifs is 1. The highest BCUT2D eigenvalue weighted by atomic mass is 16.1. The van der Waals surface area contributed by atoms with Crippen LogP contribution in [0.4, 0.5) is 0 Å². The van der Waals surface area contributed by atoms with Crippen molar-refractivity contribution < 1.29 is 0 Å². The van der Waals surface area contributed by atoms with Crippen molar-refractivity contribution in [3.8, 4) is 11.8 Å². The molecule has 0 unspecified atom stereocenters. The first-order chi connectivity index (χ1) is 8.81. The lowest BCUT2D eigenvalue weighted by Gasteiger charge is -2.02. The van der Waals surface area contributed by atoms with E-state index in [0.717, 1.165) is 5.69 Å². The number of nitriles is 1. The van der Waals surface area contributed by atoms with Crippen LogP contribution < -0.4 is 5.56 Å². The van der Waals surface area contributed by atoms with E-state index < -0.39 is 0 Å². The Balaban J connectivity index is 2.45. The number of aromatic amines is 1. The van der Waals surface area contributed by atoms with Crippen LogP contribution in [0.3, 0.4) is 0 Å². The third-order valence-corrected chi connectivity index (χ3v) is 2.74. The zero-order chi connectivity index (χ0) is 12.5. The first-order valence-electron chi connectivity index (χ1n) is 5.35. The summed E-state index contributed by atoms with van der Waals surface area (Å²) in [5.74, 6) is 0. The lowest BCUT2D eigenvalue weighted by molar-refractivity contribution is 1.08. The van der Waals surface area contributed by atoms with E-state index in [0.29, 0.717) is 16.6 Å². The van der Waals surface area contributed by atoms with Crippen LogP contribution in [0.2, 0.25) is 0 Å². The summed E-state index contributed by atoms with van der Waals surface area (Å²) in [6.45, 7) is 0. The Morgan fingerprint density at radius 3 is 2.78 bits per heavy atom. The Bertz CT molecular complexity index is 808. The molecular formula is C13H8N4O. The number of nitrogens with one attached hydrogen (secondary N) is 1. The average Bonchev–Trinajstić information content (AvgIpc) is 2.80. The van der Waals surface area contributed by atoms with Crippen LogP contribution in [-0.2, 0) is 0 Å². The topological polar surface area (TPSA) is 74.5 Å². The lowest BCUT2D eigenvalue weighted by Crippen LogP contribution is -2.09. The summed E-state index contributed by atoms with van der Waals surface area (Å²) >= 11 is 0. The van der Waals surface area contributed by atoms with E-state index in [-0.39, 0.29) is 5.56 Å². The van der Waals surface area contributed by atoms with Crippen LogP contribution in [0, 0.1) is 11.3 Å². The quantitative estimate of drug-likeness (QED) is 0.697. The molecule has 1 aromatic carbocycles. The van der Waals surface area contributed by atoms with Crippen LogP contribution >= 0.6 is 0 Å². The number of benzene rings is 1. The van der Waals surface area contributed by atoms with Gasteiger partial charge in [0.15, 0.2) is 0 Å². The second kappa shape index (κ2) is 3.86. The van der Waals surface area contributed by atoms with Gasteiger partial charge in [-0.3, -0.25) is 4.79 Å². The third-order valence-electron chi connectivity index (χ3n) is 2.74. The summed E-state index contributed by atoms with van der Waals surface area (Å²) < 4.78 is 1.68. The number of H-pyrrole nitrogens is 1. The summed E-state index contributed by atoms with van der Waals surface area (Å²) in [5, 5.41) is 9.07. The fourth-order valence-corrected chi connectivity index (χ4v) is 1.94. The number of aromatic nitrogens is 3. The number of para-hydroxylation sites is 1. The molecule has 18 heavy (non-hydrogen) atoms. The molecule has 5 heteroatoms. The van der Waals surface area contributed by atoms with Gasteiger partial charge in [-0.1, -0.05) is 18.2 Å². The van der Waals surface area contributed by atoms with Crippen LogP contribution in [-0.4, -0.2) is 14.5 Å². The Labute approximate surface area is 102 Å². The SMILES string of the molecule is N#Cc1cn(-c2ccccc2)c2c(=O)[nH]cnc12. The van der Waals surface area contributed by atoms with Gasteiger partial charge in [0.2, 0.25) is 0 Å². The van der Waals surface area contributed by atoms with Crippen molar-refractivity contribution in [2.24, 2.45) is 0 Å². The van der Waals surface area contributed by atoms with Crippen molar-refractivity contribution in [1.82, 2.24) is 14.5 Å². The molecule has 0 amide bonds. The zero-order valence-electron chi connectivity index (χ0n) is 9.29. The molecule has 2 aromatic heterocycles. The number of rotatable bonds is 1. The van der Waals surface area contributed by atoms with Gasteiger partial charge in [-0.05, 0) is 12.1 Å². The van der Waals surface area contributed by atoms with Gasteiger partial charge >= 0.3 is 0 Å². The predicted octanol–water partition coefficient (Wildman–Crippen LogP) is 1.59. The second-order valence-corrected chi connectivity index (χ2v) is 3.79. The van der Waals surface area contributed by atoms with E-state index in [1.54, 1.807) is 10.8 Å². The smallest absolute Gasteiger partial charge is 0.275 e. The molecule has 1 N–H and O–H groups in total. The van der Waals surface area contributed by atoms with Crippen molar-refractivity contribution in [3.63, 3.8) is 0 Å². The average molecular weight is 236 g/mol. The van der Waals surface area contributed by atoms with Gasteiger partial charge in [-0.2, -0.15) is 5.26 Å². The highest BCUT2D eigenvalue weighted by Gasteiger charge is 2.13. The summed E-state index contributed by atoms with van der Waals surface area (Å²) in [6.07, 6.45) is 2.93. The van der Waals surface area contributed by atoms with Crippen LogP contribution in [0.1, 0.15) is 5.56 Å². The number of hydrogen-bond acceptors (Lipinski definition) is 3. The van der Waals surface area contributed by atoms with Crippen molar-refractivity contribution in [3.05, 3.63) is 58.8 Å². The molecule has 0 bridgehead atoms. The molecule has 0 aliphatic heterocycles. The van der Waals surface area contributed by atoms with Gasteiger partial charge in [-0.15, -0.1) is 0 Å². The van der Waals surface area contributed by atoms with Crippen molar-refractivity contribution in [1.29, 1.82) is 5.26 Å². The number of hydrogen-bond donors (Lipinski definition) is 1. The molecule has 0 aliphatic carbocycles. The highest BCUT2D eigenvalue weighted by molar-refractivity contribution is 5.83. The molecule has 0 saturated heterocycles. The van der Waals surface area contributed by atoms with E-state index in [2.05, 4.69) is 16.0 Å². The third kappa shape index (κ3) is 1.40. The maximum absolute atomic E-state index is 11.9. The van der Waals surface area contributed by atoms with Crippen LogP contribution in [0.25, 0.3) is 16.7 Å². The molecule has 3 rings (SSSR count). The lowest BCUT2D eigenvalue weighted by atomic mass is 10.3. The van der Waals surface area contributed by atoms with Crippen LogP contribution in [0.5, 0.6) is 0 Å². The minimum absolute atomic E-state index is 0.259. The fourth-order valence-electron chi connectivity index (χ4n) is 1.94. The fraction of sp³-hybridized carbons (Fsp3) is 0. The van der Waals surface area contributed by atoms with Crippen molar-refractivity contribution in [2.75, 3.05) is 0 Å². The number of nitrogens with zero attached hydrogens (tertiary/aromatic N) is 3. The van der Waals surface area contributed by atoms with Crippen molar-refractivity contribution in [2.45, 2.75) is 0 Å². The minimum atomic E-state index is -0.259. The molecule has 5 nitrogen and oxygen atoms in total. The predicted molar refractivity (Wildman–Crippen MR) is 66.4 cm³/mol. The molecule has 86 valence electrons. The van der Waals surface area contributed by atoms with Gasteiger partial charge < -0.3 is 9.55 Å². The Morgan fingerprint density at radius 1 is 1.28 bits per heavy atom.